The molecule has 4 nitrogen and oxygen atoms in total. The number of pyridine rings is 1. The molecular formula is C18H22FNO3. The third-order valence-corrected chi connectivity index (χ3v) is 3.84. The van der Waals surface area contributed by atoms with Crippen molar-refractivity contribution in [3.63, 3.8) is 0 Å². The van der Waals surface area contributed by atoms with Gasteiger partial charge in [-0.3, -0.25) is 0 Å². The summed E-state index contributed by atoms with van der Waals surface area (Å²) in [4.78, 5) is 15.0. The maximum atomic E-state index is 14.4. The predicted molar refractivity (Wildman–Crippen MR) is 87.0 cm³/mol. The fourth-order valence-electron chi connectivity index (χ4n) is 2.69. The van der Waals surface area contributed by atoms with Crippen molar-refractivity contribution in [3.8, 4) is 0 Å². The summed E-state index contributed by atoms with van der Waals surface area (Å²) in [5, 5.41) is 9.42. The maximum Gasteiger partial charge on any atom is 0.329 e. The number of aromatic nitrogens is 1. The molecule has 1 aromatic heterocycles. The summed E-state index contributed by atoms with van der Waals surface area (Å²) in [5.41, 5.74) is 3.66. The van der Waals surface area contributed by atoms with E-state index in [9.17, 15) is 9.18 Å². The summed E-state index contributed by atoms with van der Waals surface area (Å²) in [5.74, 6) is -0.955. The zero-order valence-corrected chi connectivity index (χ0v) is 13.9. The second kappa shape index (κ2) is 7.04. The van der Waals surface area contributed by atoms with Crippen LogP contribution in [-0.4, -0.2) is 22.7 Å². The lowest BCUT2D eigenvalue weighted by molar-refractivity contribution is -0.142. The van der Waals surface area contributed by atoms with Crippen LogP contribution in [0.2, 0.25) is 0 Å². The Morgan fingerprint density at radius 3 is 2.65 bits per heavy atom. The Morgan fingerprint density at radius 1 is 1.35 bits per heavy atom. The Bertz CT molecular complexity index is 741. The van der Waals surface area contributed by atoms with Gasteiger partial charge in [-0.15, -0.1) is 0 Å². The minimum Gasteiger partial charge on any atom is -0.480 e. The predicted octanol–water partition coefficient (Wildman–Crippen LogP) is 3.79. The molecule has 1 aromatic carbocycles. The molecule has 0 amide bonds. The number of hydrogen-bond donors (Lipinski definition) is 1. The molecule has 0 aliphatic rings. The lowest BCUT2D eigenvalue weighted by atomic mass is 9.96. The second-order valence-electron chi connectivity index (χ2n) is 6.26. The zero-order chi connectivity index (χ0) is 17.1. The van der Waals surface area contributed by atoms with Crippen LogP contribution in [0, 0.1) is 25.6 Å². The fourth-order valence-corrected chi connectivity index (χ4v) is 2.69. The smallest absolute Gasteiger partial charge is 0.329 e. The molecule has 0 spiro atoms. The molecule has 124 valence electrons. The van der Waals surface area contributed by atoms with Crippen molar-refractivity contribution in [2.45, 2.75) is 40.7 Å². The Kier molecular flexibility index (Phi) is 5.31. The lowest BCUT2D eigenvalue weighted by Crippen LogP contribution is -2.09. The number of halogens is 1. The lowest BCUT2D eigenvalue weighted by Gasteiger charge is -2.15. The highest BCUT2D eigenvalue weighted by molar-refractivity contribution is 5.85. The largest absolute Gasteiger partial charge is 0.480 e. The molecular weight excluding hydrogens is 297 g/mol. The van der Waals surface area contributed by atoms with Crippen molar-refractivity contribution in [2.24, 2.45) is 5.92 Å². The van der Waals surface area contributed by atoms with E-state index in [1.165, 1.54) is 6.07 Å². The molecule has 0 saturated heterocycles. The van der Waals surface area contributed by atoms with Crippen molar-refractivity contribution < 1.29 is 19.0 Å². The van der Waals surface area contributed by atoms with Gasteiger partial charge >= 0.3 is 5.97 Å². The number of carboxylic acid groups (broad SMARTS) is 1. The zero-order valence-electron chi connectivity index (χ0n) is 13.9. The summed E-state index contributed by atoms with van der Waals surface area (Å²) in [6.07, 6.45) is 0.773. The van der Waals surface area contributed by atoms with E-state index in [2.05, 4.69) is 18.8 Å². The number of aliphatic carboxylic acids is 1. The van der Waals surface area contributed by atoms with Crippen LogP contribution in [0.15, 0.2) is 12.1 Å². The van der Waals surface area contributed by atoms with E-state index in [0.29, 0.717) is 16.8 Å². The monoisotopic (exact) mass is 319 g/mol. The van der Waals surface area contributed by atoms with Gasteiger partial charge in [0.05, 0.1) is 6.61 Å². The van der Waals surface area contributed by atoms with Crippen LogP contribution in [-0.2, 0) is 22.6 Å². The van der Waals surface area contributed by atoms with Gasteiger partial charge in [0.1, 0.15) is 17.9 Å². The molecule has 0 aliphatic heterocycles. The molecule has 0 atom stereocenters. The van der Waals surface area contributed by atoms with E-state index in [1.54, 1.807) is 0 Å². The summed E-state index contributed by atoms with van der Waals surface area (Å²) >= 11 is 0. The van der Waals surface area contributed by atoms with Gasteiger partial charge in [-0.25, -0.2) is 14.2 Å². The van der Waals surface area contributed by atoms with Gasteiger partial charge in [0.2, 0.25) is 0 Å². The van der Waals surface area contributed by atoms with E-state index >= 15 is 0 Å². The first-order valence-corrected chi connectivity index (χ1v) is 7.67. The number of aryl methyl sites for hydroxylation is 1. The molecule has 2 aromatic rings. The molecule has 0 fully saturated rings. The van der Waals surface area contributed by atoms with Gasteiger partial charge < -0.3 is 9.84 Å². The van der Waals surface area contributed by atoms with E-state index in [0.717, 1.165) is 28.8 Å². The number of rotatable bonds is 6. The normalized spacial score (nSPS) is 11.4. The summed E-state index contributed by atoms with van der Waals surface area (Å²) in [6.45, 7) is 7.62. The topological polar surface area (TPSA) is 59.4 Å². The highest BCUT2D eigenvalue weighted by atomic mass is 19.1. The van der Waals surface area contributed by atoms with Crippen molar-refractivity contribution in [1.29, 1.82) is 0 Å². The summed E-state index contributed by atoms with van der Waals surface area (Å²) < 4.78 is 19.7. The van der Waals surface area contributed by atoms with Crippen LogP contribution in [0.25, 0.3) is 10.9 Å². The first kappa shape index (κ1) is 17.3. The Balaban J connectivity index is 2.54. The van der Waals surface area contributed by atoms with Crippen molar-refractivity contribution in [2.75, 3.05) is 6.61 Å². The van der Waals surface area contributed by atoms with Crippen LogP contribution in [0.5, 0.6) is 0 Å². The summed E-state index contributed by atoms with van der Waals surface area (Å²) in [7, 11) is 0. The molecule has 5 heteroatoms. The van der Waals surface area contributed by atoms with Crippen molar-refractivity contribution >= 4 is 16.9 Å². The van der Waals surface area contributed by atoms with Gasteiger partial charge in [0.15, 0.2) is 0 Å². The van der Waals surface area contributed by atoms with Crippen LogP contribution in [0.4, 0.5) is 4.39 Å². The van der Waals surface area contributed by atoms with Crippen LogP contribution in [0.3, 0.4) is 0 Å². The number of fused-ring (bicyclic) bond motifs is 1. The molecule has 0 bridgehead atoms. The molecule has 0 saturated carbocycles. The molecule has 2 rings (SSSR count). The van der Waals surface area contributed by atoms with E-state index in [1.807, 2.05) is 19.9 Å². The first-order chi connectivity index (χ1) is 10.8. The first-order valence-electron chi connectivity index (χ1n) is 7.67. The summed E-state index contributed by atoms with van der Waals surface area (Å²) in [6, 6.07) is 3.48. The molecule has 0 radical (unpaired) electrons. The standard InChI is InChI=1S/C18H22FNO3/c1-10(2)5-13-6-14-15(8-23-9-17(21)22)11(3)12(4)20-18(14)16(19)7-13/h6-7,10H,5,8-9H2,1-4H3,(H,21,22). The Labute approximate surface area is 135 Å². The number of ether oxygens (including phenoxy) is 1. The minimum atomic E-state index is -1.02. The van der Waals surface area contributed by atoms with Crippen LogP contribution < -0.4 is 0 Å². The third-order valence-electron chi connectivity index (χ3n) is 3.84. The maximum absolute atomic E-state index is 14.4. The van der Waals surface area contributed by atoms with Gasteiger partial charge in [-0.05, 0) is 55.0 Å². The van der Waals surface area contributed by atoms with Crippen molar-refractivity contribution in [3.05, 3.63) is 40.3 Å². The molecule has 0 unspecified atom stereocenters. The molecule has 1 heterocycles. The third kappa shape index (κ3) is 4.05. The molecule has 0 aliphatic carbocycles. The fraction of sp³-hybridized carbons (Fsp3) is 0.444. The number of carboxylic acids is 1. The van der Waals surface area contributed by atoms with Crippen LogP contribution >= 0.6 is 0 Å². The van der Waals surface area contributed by atoms with Gasteiger partial charge in [-0.2, -0.15) is 0 Å². The van der Waals surface area contributed by atoms with E-state index in [4.69, 9.17) is 9.84 Å². The van der Waals surface area contributed by atoms with Gasteiger partial charge in [0.25, 0.3) is 0 Å². The van der Waals surface area contributed by atoms with Crippen LogP contribution in [0.1, 0.15) is 36.2 Å². The average molecular weight is 319 g/mol. The Hall–Kier alpha value is -2.01. The minimum absolute atomic E-state index is 0.128. The van der Waals surface area contributed by atoms with Gasteiger partial charge in [0, 0.05) is 11.1 Å². The Morgan fingerprint density at radius 2 is 2.04 bits per heavy atom. The highest BCUT2D eigenvalue weighted by Crippen LogP contribution is 2.27. The molecule has 1 N–H and O–H groups in total. The number of carbonyl (C=O) groups is 1. The van der Waals surface area contributed by atoms with Gasteiger partial charge in [-0.1, -0.05) is 13.8 Å². The number of benzene rings is 1. The van der Waals surface area contributed by atoms with Crippen molar-refractivity contribution in [1.82, 2.24) is 4.98 Å². The SMILES string of the molecule is Cc1nc2c(F)cc(CC(C)C)cc2c(COCC(=O)O)c1C. The van der Waals surface area contributed by atoms with E-state index < -0.39 is 5.97 Å². The number of nitrogens with zero attached hydrogens (tertiary/aromatic N) is 1. The quantitative estimate of drug-likeness (QED) is 0.880. The van der Waals surface area contributed by atoms with E-state index in [-0.39, 0.29) is 19.0 Å². The number of hydrogen-bond acceptors (Lipinski definition) is 3. The highest BCUT2D eigenvalue weighted by Gasteiger charge is 2.15. The average Bonchev–Trinajstić information content (AvgIpc) is 2.43. The molecule has 23 heavy (non-hydrogen) atoms. The second-order valence-corrected chi connectivity index (χ2v) is 6.26.